The van der Waals surface area contributed by atoms with Gasteiger partial charge in [-0.25, -0.2) is 8.42 Å². The zero-order valence-electron chi connectivity index (χ0n) is 17.5. The molecule has 0 aromatic heterocycles. The van der Waals surface area contributed by atoms with E-state index in [9.17, 15) is 30.9 Å². The lowest BCUT2D eigenvalue weighted by atomic mass is 9.85. The van der Waals surface area contributed by atoms with E-state index >= 15 is 0 Å². The standard InChI is InChI=1S/C22H23F4NO4S/c1-21(2,32(29,30)19-8-4-6-17(14-19)22(23,24)25)16-9-11-27(12-10-16)20(28)15-5-3-7-18(13-15)31-26/h3-8,13-14,16H,9-12H2,1-2H3. The van der Waals surface area contributed by atoms with E-state index in [0.717, 1.165) is 12.1 Å². The fourth-order valence-electron chi connectivity index (χ4n) is 4.00. The normalized spacial score (nSPS) is 16.1. The van der Waals surface area contributed by atoms with E-state index in [0.29, 0.717) is 18.9 Å². The van der Waals surface area contributed by atoms with Gasteiger partial charge in [0.25, 0.3) is 5.91 Å². The number of halogens is 4. The van der Waals surface area contributed by atoms with Gasteiger partial charge < -0.3 is 4.90 Å². The third-order valence-electron chi connectivity index (χ3n) is 6.10. The van der Waals surface area contributed by atoms with Gasteiger partial charge in [-0.05, 0) is 69.0 Å². The van der Waals surface area contributed by atoms with Crippen molar-refractivity contribution in [2.45, 2.75) is 42.5 Å². The largest absolute Gasteiger partial charge is 0.416 e. The molecule has 0 saturated carbocycles. The summed E-state index contributed by atoms with van der Waals surface area (Å²) in [6.45, 7) is 3.55. The predicted molar refractivity (Wildman–Crippen MR) is 110 cm³/mol. The maximum absolute atomic E-state index is 13.2. The SMILES string of the molecule is CC(C)(C1CCN(C(=O)c2cccc(OF)c2)CC1)S(=O)(=O)c1cccc(C(F)(F)F)c1. The van der Waals surface area contributed by atoms with Crippen molar-refractivity contribution in [2.75, 3.05) is 13.1 Å². The molecule has 0 unspecified atom stereocenters. The highest BCUT2D eigenvalue weighted by Crippen LogP contribution is 2.39. The fourth-order valence-corrected chi connectivity index (χ4v) is 5.82. The maximum Gasteiger partial charge on any atom is 0.416 e. The van der Waals surface area contributed by atoms with Crippen LogP contribution in [0.5, 0.6) is 5.75 Å². The molecule has 0 spiro atoms. The summed E-state index contributed by atoms with van der Waals surface area (Å²) >= 11 is 0. The van der Waals surface area contributed by atoms with Crippen molar-refractivity contribution >= 4 is 15.7 Å². The van der Waals surface area contributed by atoms with Gasteiger partial charge in [-0.1, -0.05) is 12.1 Å². The second kappa shape index (κ2) is 8.73. The predicted octanol–water partition coefficient (Wildman–Crippen LogP) is 5.07. The Bertz CT molecular complexity index is 1090. The Balaban J connectivity index is 1.76. The van der Waals surface area contributed by atoms with Crippen LogP contribution in [0.4, 0.5) is 17.7 Å². The van der Waals surface area contributed by atoms with Crippen LogP contribution in [0.1, 0.15) is 42.6 Å². The van der Waals surface area contributed by atoms with Crippen molar-refractivity contribution in [3.63, 3.8) is 0 Å². The lowest BCUT2D eigenvalue weighted by Crippen LogP contribution is -2.47. The van der Waals surface area contributed by atoms with E-state index in [1.54, 1.807) is 4.90 Å². The van der Waals surface area contributed by atoms with Gasteiger partial charge in [-0.15, -0.1) is 0 Å². The topological polar surface area (TPSA) is 63.7 Å². The zero-order chi connectivity index (χ0) is 23.7. The van der Waals surface area contributed by atoms with Crippen LogP contribution >= 0.6 is 0 Å². The Hall–Kier alpha value is -2.62. The first kappa shape index (κ1) is 24.0. The molecule has 0 aliphatic carbocycles. The molecule has 3 rings (SSSR count). The molecule has 1 aliphatic heterocycles. The molecule has 1 saturated heterocycles. The minimum absolute atomic E-state index is 0.0981. The summed E-state index contributed by atoms with van der Waals surface area (Å²) in [5, 5.41) is 0. The average molecular weight is 473 g/mol. The maximum atomic E-state index is 13.2. The number of amides is 1. The van der Waals surface area contributed by atoms with Crippen LogP contribution < -0.4 is 4.94 Å². The summed E-state index contributed by atoms with van der Waals surface area (Å²) < 4.78 is 76.7. The molecule has 2 aromatic rings. The smallest absolute Gasteiger partial charge is 0.339 e. The molecule has 0 N–H and O–H groups in total. The van der Waals surface area contributed by atoms with Gasteiger partial charge in [0.1, 0.15) is 0 Å². The second-order valence-electron chi connectivity index (χ2n) is 8.30. The Morgan fingerprint density at radius 3 is 2.25 bits per heavy atom. The van der Waals surface area contributed by atoms with Crippen molar-refractivity contribution in [3.05, 3.63) is 59.7 Å². The number of carbonyl (C=O) groups is 1. The summed E-state index contributed by atoms with van der Waals surface area (Å²) in [6, 6.07) is 9.40. The van der Waals surface area contributed by atoms with Crippen LogP contribution in [0.15, 0.2) is 53.4 Å². The third kappa shape index (κ3) is 4.60. The average Bonchev–Trinajstić information content (AvgIpc) is 2.78. The Kier molecular flexibility index (Phi) is 6.55. The van der Waals surface area contributed by atoms with E-state index in [1.807, 2.05) is 0 Å². The highest BCUT2D eigenvalue weighted by Gasteiger charge is 2.45. The second-order valence-corrected chi connectivity index (χ2v) is 10.8. The first-order valence-electron chi connectivity index (χ1n) is 9.98. The Morgan fingerprint density at radius 1 is 1.03 bits per heavy atom. The van der Waals surface area contributed by atoms with E-state index in [2.05, 4.69) is 4.94 Å². The molecule has 5 nitrogen and oxygen atoms in total. The number of likely N-dealkylation sites (tertiary alicyclic amines) is 1. The molecule has 1 heterocycles. The van der Waals surface area contributed by atoms with Gasteiger partial charge in [0.2, 0.25) is 0 Å². The van der Waals surface area contributed by atoms with Gasteiger partial charge in [0.05, 0.1) is 15.2 Å². The molecule has 1 aliphatic rings. The molecule has 0 radical (unpaired) electrons. The molecule has 0 bridgehead atoms. The summed E-state index contributed by atoms with van der Waals surface area (Å²) in [7, 11) is -4.08. The quantitative estimate of drug-likeness (QED) is 0.569. The number of rotatable bonds is 5. The van der Waals surface area contributed by atoms with Crippen LogP contribution in [-0.4, -0.2) is 37.1 Å². The van der Waals surface area contributed by atoms with Gasteiger partial charge in [0, 0.05) is 23.2 Å². The number of benzene rings is 2. The lowest BCUT2D eigenvalue weighted by Gasteiger charge is -2.40. The first-order chi connectivity index (χ1) is 14.9. The van der Waals surface area contributed by atoms with Gasteiger partial charge in [0.15, 0.2) is 15.6 Å². The Labute approximate surface area is 183 Å². The summed E-state index contributed by atoms with van der Waals surface area (Å²) in [6.07, 6.45) is -3.93. The van der Waals surface area contributed by atoms with Crippen LogP contribution in [0, 0.1) is 5.92 Å². The Morgan fingerprint density at radius 2 is 1.66 bits per heavy atom. The van der Waals surface area contributed by atoms with Crippen molar-refractivity contribution in [1.82, 2.24) is 4.90 Å². The fraction of sp³-hybridized carbons (Fsp3) is 0.409. The van der Waals surface area contributed by atoms with E-state index in [1.165, 1.54) is 44.2 Å². The number of alkyl halides is 3. The number of hydrogen-bond acceptors (Lipinski definition) is 4. The number of carbonyl (C=O) groups excluding carboxylic acids is 1. The van der Waals surface area contributed by atoms with E-state index in [4.69, 9.17) is 0 Å². The van der Waals surface area contributed by atoms with Crippen molar-refractivity contribution in [1.29, 1.82) is 0 Å². The highest BCUT2D eigenvalue weighted by molar-refractivity contribution is 7.92. The molecule has 0 atom stereocenters. The molecule has 1 fully saturated rings. The van der Waals surface area contributed by atoms with Crippen LogP contribution in [-0.2, 0) is 16.0 Å². The van der Waals surface area contributed by atoms with Crippen LogP contribution in [0.2, 0.25) is 0 Å². The molecule has 32 heavy (non-hydrogen) atoms. The van der Waals surface area contributed by atoms with Crippen LogP contribution in [0.3, 0.4) is 0 Å². The van der Waals surface area contributed by atoms with Gasteiger partial charge in [-0.3, -0.25) is 9.74 Å². The molecule has 2 aromatic carbocycles. The summed E-state index contributed by atoms with van der Waals surface area (Å²) in [5.41, 5.74) is -0.774. The first-order valence-corrected chi connectivity index (χ1v) is 11.5. The number of piperidine rings is 1. The number of hydrogen-bond donors (Lipinski definition) is 0. The summed E-state index contributed by atoms with van der Waals surface area (Å²) in [5.74, 6) is -0.799. The number of nitrogens with zero attached hydrogens (tertiary/aromatic N) is 1. The molecule has 10 heteroatoms. The lowest BCUT2D eigenvalue weighted by molar-refractivity contribution is -0.137. The van der Waals surface area contributed by atoms with Crippen molar-refractivity contribution in [3.8, 4) is 5.75 Å². The molecule has 174 valence electrons. The van der Waals surface area contributed by atoms with E-state index < -0.39 is 26.3 Å². The minimum Gasteiger partial charge on any atom is -0.339 e. The van der Waals surface area contributed by atoms with Crippen molar-refractivity contribution < 1.29 is 35.9 Å². The third-order valence-corrected chi connectivity index (χ3v) is 8.69. The highest BCUT2D eigenvalue weighted by atomic mass is 32.2. The molecular weight excluding hydrogens is 450 g/mol. The van der Waals surface area contributed by atoms with Gasteiger partial charge in [-0.2, -0.15) is 13.2 Å². The van der Waals surface area contributed by atoms with Crippen molar-refractivity contribution in [2.24, 2.45) is 5.92 Å². The number of sulfone groups is 1. The summed E-state index contributed by atoms with van der Waals surface area (Å²) in [4.78, 5) is 17.5. The zero-order valence-corrected chi connectivity index (χ0v) is 18.3. The monoisotopic (exact) mass is 473 g/mol. The van der Waals surface area contributed by atoms with Crippen LogP contribution in [0.25, 0.3) is 0 Å². The van der Waals surface area contributed by atoms with E-state index in [-0.39, 0.29) is 41.1 Å². The van der Waals surface area contributed by atoms with Gasteiger partial charge >= 0.3 is 6.18 Å². The molecule has 1 amide bonds. The minimum atomic E-state index is -4.65. The molecular formula is C22H23F4NO4S.